The molecule has 0 radical (unpaired) electrons. The van der Waals surface area contributed by atoms with Crippen molar-refractivity contribution in [2.24, 2.45) is 4.99 Å². The first-order valence-electron chi connectivity index (χ1n) is 5.58. The summed E-state index contributed by atoms with van der Waals surface area (Å²) in [6.07, 6.45) is 2.02. The third-order valence-corrected chi connectivity index (χ3v) is 2.55. The Balaban J connectivity index is 2.30. The average molecular weight is 236 g/mol. The standard InChI is InChI=1S/C15H12N2O/c16-10-9-12-5-1-2-6-13(12)11-17-14-7-3-4-8-15(14)18/h1-8,11,18H,9H2. The van der Waals surface area contributed by atoms with E-state index in [1.165, 1.54) is 0 Å². The van der Waals surface area contributed by atoms with Crippen LogP contribution in [0.4, 0.5) is 5.69 Å². The fourth-order valence-electron chi connectivity index (χ4n) is 1.62. The monoisotopic (exact) mass is 236 g/mol. The van der Waals surface area contributed by atoms with Gasteiger partial charge in [0.15, 0.2) is 0 Å². The van der Waals surface area contributed by atoms with E-state index in [1.54, 1.807) is 24.4 Å². The zero-order valence-corrected chi connectivity index (χ0v) is 9.74. The highest BCUT2D eigenvalue weighted by molar-refractivity contribution is 5.84. The number of nitriles is 1. The smallest absolute Gasteiger partial charge is 0.141 e. The second-order valence-electron chi connectivity index (χ2n) is 3.78. The summed E-state index contributed by atoms with van der Waals surface area (Å²) < 4.78 is 0. The highest BCUT2D eigenvalue weighted by Crippen LogP contribution is 2.24. The summed E-state index contributed by atoms with van der Waals surface area (Å²) in [5, 5.41) is 18.3. The molecule has 18 heavy (non-hydrogen) atoms. The average Bonchev–Trinajstić information content (AvgIpc) is 2.40. The van der Waals surface area contributed by atoms with Crippen LogP contribution in [0, 0.1) is 11.3 Å². The molecular weight excluding hydrogens is 224 g/mol. The quantitative estimate of drug-likeness (QED) is 0.832. The van der Waals surface area contributed by atoms with Crippen molar-refractivity contribution < 1.29 is 5.11 Å². The lowest BCUT2D eigenvalue weighted by atomic mass is 10.1. The maximum atomic E-state index is 9.60. The van der Waals surface area contributed by atoms with E-state index in [0.29, 0.717) is 12.1 Å². The van der Waals surface area contributed by atoms with Crippen molar-refractivity contribution >= 4 is 11.9 Å². The molecule has 88 valence electrons. The molecule has 0 aliphatic rings. The van der Waals surface area contributed by atoms with Gasteiger partial charge in [-0.05, 0) is 23.3 Å². The van der Waals surface area contributed by atoms with Gasteiger partial charge in [-0.2, -0.15) is 5.26 Å². The molecule has 0 spiro atoms. The molecule has 1 N–H and O–H groups in total. The van der Waals surface area contributed by atoms with Crippen LogP contribution >= 0.6 is 0 Å². The van der Waals surface area contributed by atoms with Gasteiger partial charge in [0.2, 0.25) is 0 Å². The number of phenolic OH excluding ortho intramolecular Hbond substituents is 1. The predicted octanol–water partition coefficient (Wildman–Crippen LogP) is 3.21. The maximum Gasteiger partial charge on any atom is 0.141 e. The lowest BCUT2D eigenvalue weighted by Crippen LogP contribution is -1.90. The van der Waals surface area contributed by atoms with Gasteiger partial charge in [-0.15, -0.1) is 0 Å². The van der Waals surface area contributed by atoms with Crippen molar-refractivity contribution in [3.8, 4) is 11.8 Å². The summed E-state index contributed by atoms with van der Waals surface area (Å²) in [4.78, 5) is 4.23. The third kappa shape index (κ3) is 2.74. The number of hydrogen-bond donors (Lipinski definition) is 1. The zero-order valence-electron chi connectivity index (χ0n) is 9.74. The molecule has 0 unspecified atom stereocenters. The number of aliphatic imine (C=N–C) groups is 1. The number of phenols is 1. The Morgan fingerprint density at radius 3 is 2.61 bits per heavy atom. The minimum Gasteiger partial charge on any atom is -0.506 e. The molecule has 0 saturated heterocycles. The predicted molar refractivity (Wildman–Crippen MR) is 71.1 cm³/mol. The second kappa shape index (κ2) is 5.65. The van der Waals surface area contributed by atoms with Gasteiger partial charge < -0.3 is 5.11 Å². The molecule has 0 heterocycles. The number of nitrogens with zero attached hydrogens (tertiary/aromatic N) is 2. The van der Waals surface area contributed by atoms with Crippen LogP contribution in [0.1, 0.15) is 11.1 Å². The molecule has 0 amide bonds. The Morgan fingerprint density at radius 2 is 1.83 bits per heavy atom. The summed E-state index contributed by atoms with van der Waals surface area (Å²) in [5.41, 5.74) is 2.34. The molecule has 2 aromatic carbocycles. The van der Waals surface area contributed by atoms with Gasteiger partial charge in [-0.25, -0.2) is 0 Å². The second-order valence-corrected chi connectivity index (χ2v) is 3.78. The van der Waals surface area contributed by atoms with Gasteiger partial charge >= 0.3 is 0 Å². The fraction of sp³-hybridized carbons (Fsp3) is 0.0667. The van der Waals surface area contributed by atoms with Crippen LogP contribution < -0.4 is 0 Å². The Morgan fingerprint density at radius 1 is 1.11 bits per heavy atom. The Labute approximate surface area is 106 Å². The largest absolute Gasteiger partial charge is 0.506 e. The summed E-state index contributed by atoms with van der Waals surface area (Å²) in [5.74, 6) is 0.145. The van der Waals surface area contributed by atoms with E-state index in [2.05, 4.69) is 11.1 Å². The first-order chi connectivity index (χ1) is 8.81. The number of para-hydroxylation sites is 2. The van der Waals surface area contributed by atoms with Crippen molar-refractivity contribution in [2.75, 3.05) is 0 Å². The molecule has 0 aliphatic carbocycles. The molecule has 0 bridgehead atoms. The van der Waals surface area contributed by atoms with Crippen LogP contribution in [-0.4, -0.2) is 11.3 Å². The summed E-state index contributed by atoms with van der Waals surface area (Å²) >= 11 is 0. The number of benzene rings is 2. The van der Waals surface area contributed by atoms with Gasteiger partial charge in [-0.3, -0.25) is 4.99 Å². The van der Waals surface area contributed by atoms with Crippen LogP contribution in [0.3, 0.4) is 0 Å². The minimum atomic E-state index is 0.145. The van der Waals surface area contributed by atoms with Gasteiger partial charge in [0, 0.05) is 6.21 Å². The van der Waals surface area contributed by atoms with Crippen molar-refractivity contribution in [1.29, 1.82) is 5.26 Å². The highest BCUT2D eigenvalue weighted by Gasteiger charge is 1.99. The number of rotatable bonds is 3. The SMILES string of the molecule is N#CCc1ccccc1C=Nc1ccccc1O. The topological polar surface area (TPSA) is 56.4 Å². The summed E-state index contributed by atoms with van der Waals surface area (Å²) in [6, 6.07) is 16.6. The number of aromatic hydroxyl groups is 1. The summed E-state index contributed by atoms with van der Waals surface area (Å²) in [6.45, 7) is 0. The molecule has 2 aromatic rings. The van der Waals surface area contributed by atoms with Gasteiger partial charge in [0.25, 0.3) is 0 Å². The molecule has 3 heteroatoms. The molecule has 3 nitrogen and oxygen atoms in total. The molecule has 0 aliphatic heterocycles. The van der Waals surface area contributed by atoms with E-state index in [9.17, 15) is 5.11 Å². The first-order valence-corrected chi connectivity index (χ1v) is 5.58. The van der Waals surface area contributed by atoms with Gasteiger partial charge in [0.1, 0.15) is 11.4 Å². The van der Waals surface area contributed by atoms with Crippen LogP contribution in [0.15, 0.2) is 53.5 Å². The van der Waals surface area contributed by atoms with Crippen molar-refractivity contribution in [3.63, 3.8) is 0 Å². The van der Waals surface area contributed by atoms with E-state index in [4.69, 9.17) is 5.26 Å². The minimum absolute atomic E-state index is 0.145. The molecule has 2 rings (SSSR count). The zero-order chi connectivity index (χ0) is 12.8. The van der Waals surface area contributed by atoms with Crippen molar-refractivity contribution in [2.45, 2.75) is 6.42 Å². The lowest BCUT2D eigenvalue weighted by Gasteiger charge is -2.01. The van der Waals surface area contributed by atoms with Crippen LogP contribution in [-0.2, 0) is 6.42 Å². The van der Waals surface area contributed by atoms with E-state index < -0.39 is 0 Å². The molecule has 0 fully saturated rings. The van der Waals surface area contributed by atoms with E-state index in [-0.39, 0.29) is 5.75 Å². The van der Waals surface area contributed by atoms with E-state index in [1.807, 2.05) is 30.3 Å². The van der Waals surface area contributed by atoms with E-state index in [0.717, 1.165) is 11.1 Å². The van der Waals surface area contributed by atoms with Crippen LogP contribution in [0.25, 0.3) is 0 Å². The lowest BCUT2D eigenvalue weighted by molar-refractivity contribution is 0.477. The van der Waals surface area contributed by atoms with Gasteiger partial charge in [0.05, 0.1) is 12.5 Å². The Kier molecular flexibility index (Phi) is 3.72. The van der Waals surface area contributed by atoms with E-state index >= 15 is 0 Å². The number of hydrogen-bond acceptors (Lipinski definition) is 3. The molecule has 0 aromatic heterocycles. The van der Waals surface area contributed by atoms with Crippen molar-refractivity contribution in [1.82, 2.24) is 0 Å². The Hall–Kier alpha value is -2.60. The van der Waals surface area contributed by atoms with Crippen molar-refractivity contribution in [3.05, 3.63) is 59.7 Å². The van der Waals surface area contributed by atoms with Crippen LogP contribution in [0.5, 0.6) is 5.75 Å². The van der Waals surface area contributed by atoms with Gasteiger partial charge in [-0.1, -0.05) is 36.4 Å². The van der Waals surface area contributed by atoms with Crippen LogP contribution in [0.2, 0.25) is 0 Å². The summed E-state index contributed by atoms with van der Waals surface area (Å²) in [7, 11) is 0. The molecule has 0 saturated carbocycles. The highest BCUT2D eigenvalue weighted by atomic mass is 16.3. The normalized spacial score (nSPS) is 10.4. The Bertz CT molecular complexity index is 612. The molecular formula is C15H12N2O. The maximum absolute atomic E-state index is 9.60. The molecule has 0 atom stereocenters. The third-order valence-electron chi connectivity index (χ3n) is 2.55. The first kappa shape index (κ1) is 11.9. The fourth-order valence-corrected chi connectivity index (χ4v) is 1.62.